The molecule has 3 aromatic rings. The third kappa shape index (κ3) is 8.17. The van der Waals surface area contributed by atoms with Crippen LogP contribution in [-0.4, -0.2) is 0 Å². The smallest absolute Gasteiger partial charge is 0.0273 e. The van der Waals surface area contributed by atoms with Crippen LogP contribution in [0.25, 0.3) is 0 Å². The highest BCUT2D eigenvalue weighted by Crippen LogP contribution is 2.31. The molecular weight excluding hydrogens is 480 g/mol. The minimum Gasteiger partial charge on any atom is -0.115 e. The summed E-state index contributed by atoms with van der Waals surface area (Å²) in [5, 5.41) is 0. The van der Waals surface area contributed by atoms with Crippen LogP contribution in [-0.2, 0) is 21.7 Å². The van der Waals surface area contributed by atoms with Crippen molar-refractivity contribution in [3.63, 3.8) is 0 Å². The molecule has 0 nitrogen and oxygen atoms in total. The second kappa shape index (κ2) is 11.1. The van der Waals surface area contributed by atoms with Crippen LogP contribution in [0.15, 0.2) is 54.6 Å². The zero-order valence-corrected chi connectivity index (χ0v) is 26.8. The van der Waals surface area contributed by atoms with E-state index in [2.05, 4.69) is 149 Å². The molecular formula is C40H46. The van der Waals surface area contributed by atoms with Gasteiger partial charge in [0.25, 0.3) is 0 Å². The van der Waals surface area contributed by atoms with Crippen molar-refractivity contribution in [2.75, 3.05) is 0 Å². The first-order valence-corrected chi connectivity index (χ1v) is 14.2. The Balaban J connectivity index is 2.08. The van der Waals surface area contributed by atoms with E-state index < -0.39 is 0 Å². The summed E-state index contributed by atoms with van der Waals surface area (Å²) in [7, 11) is 0. The predicted molar refractivity (Wildman–Crippen MR) is 174 cm³/mol. The van der Waals surface area contributed by atoms with E-state index in [4.69, 9.17) is 6.42 Å². The molecule has 0 amide bonds. The van der Waals surface area contributed by atoms with E-state index >= 15 is 0 Å². The normalized spacial score (nSPS) is 12.1. The number of rotatable bonds is 0. The summed E-state index contributed by atoms with van der Waals surface area (Å²) in [5.41, 5.74) is 9.91. The van der Waals surface area contributed by atoms with Crippen molar-refractivity contribution in [3.8, 4) is 36.0 Å². The molecule has 3 aromatic carbocycles. The molecule has 0 radical (unpaired) electrons. The molecule has 206 valence electrons. The van der Waals surface area contributed by atoms with Crippen molar-refractivity contribution in [1.82, 2.24) is 0 Å². The Morgan fingerprint density at radius 2 is 0.575 bits per heavy atom. The fourth-order valence-corrected chi connectivity index (χ4v) is 4.28. The maximum Gasteiger partial charge on any atom is 0.0273 e. The topological polar surface area (TPSA) is 0 Å². The Hall–Kier alpha value is -3.66. The van der Waals surface area contributed by atoms with Gasteiger partial charge in [0, 0.05) is 27.8 Å². The number of hydrogen-bond acceptors (Lipinski definition) is 0. The summed E-state index contributed by atoms with van der Waals surface area (Å²) in [6.45, 7) is 26.9. The van der Waals surface area contributed by atoms with Crippen molar-refractivity contribution in [3.05, 3.63) is 105 Å². The molecule has 0 aliphatic heterocycles. The molecule has 0 spiro atoms. The first kappa shape index (κ1) is 30.9. The van der Waals surface area contributed by atoms with Crippen LogP contribution in [0.1, 0.15) is 133 Å². The Labute approximate surface area is 245 Å². The number of benzene rings is 3. The van der Waals surface area contributed by atoms with Crippen LogP contribution in [0.2, 0.25) is 0 Å². The molecule has 0 atom stereocenters. The maximum absolute atomic E-state index is 5.83. The Morgan fingerprint density at radius 3 is 0.800 bits per heavy atom. The van der Waals surface area contributed by atoms with Crippen LogP contribution in [0.3, 0.4) is 0 Å². The third-order valence-electron chi connectivity index (χ3n) is 7.13. The fourth-order valence-electron chi connectivity index (χ4n) is 4.28. The van der Waals surface area contributed by atoms with Gasteiger partial charge in [-0.3, -0.25) is 0 Å². The minimum atomic E-state index is 0.0426. The van der Waals surface area contributed by atoms with Gasteiger partial charge in [-0.2, -0.15) is 0 Å². The van der Waals surface area contributed by atoms with E-state index in [0.29, 0.717) is 0 Å². The van der Waals surface area contributed by atoms with Gasteiger partial charge in [-0.1, -0.05) is 125 Å². The quantitative estimate of drug-likeness (QED) is 0.256. The zero-order chi connectivity index (χ0) is 30.1. The average molecular weight is 527 g/mol. The molecule has 0 aromatic heterocycles. The zero-order valence-electron chi connectivity index (χ0n) is 26.8. The van der Waals surface area contributed by atoms with Crippen LogP contribution in [0, 0.1) is 36.0 Å². The highest BCUT2D eigenvalue weighted by atomic mass is 14.3. The van der Waals surface area contributed by atoms with Crippen LogP contribution >= 0.6 is 0 Å². The van der Waals surface area contributed by atoms with Crippen molar-refractivity contribution in [2.24, 2.45) is 0 Å². The second-order valence-corrected chi connectivity index (χ2v) is 15.0. The van der Waals surface area contributed by atoms with Gasteiger partial charge >= 0.3 is 0 Å². The van der Waals surface area contributed by atoms with E-state index in [1.165, 1.54) is 22.3 Å². The van der Waals surface area contributed by atoms with Gasteiger partial charge in [-0.25, -0.2) is 0 Å². The number of terminal acetylenes is 1. The largest absolute Gasteiger partial charge is 0.115 e. The summed E-state index contributed by atoms with van der Waals surface area (Å²) in [4.78, 5) is 0. The summed E-state index contributed by atoms with van der Waals surface area (Å²) in [6.07, 6.45) is 5.83. The minimum absolute atomic E-state index is 0.0426. The second-order valence-electron chi connectivity index (χ2n) is 15.0. The lowest BCUT2D eigenvalue weighted by Gasteiger charge is -2.25. The molecule has 0 saturated carbocycles. The molecule has 3 rings (SSSR count). The summed E-state index contributed by atoms with van der Waals surface area (Å²) >= 11 is 0. The highest BCUT2D eigenvalue weighted by molar-refractivity contribution is 5.55. The summed E-state index contributed by atoms with van der Waals surface area (Å²) in [5.74, 6) is 16.4. The highest BCUT2D eigenvalue weighted by Gasteiger charge is 2.21. The molecule has 0 bridgehead atoms. The van der Waals surface area contributed by atoms with Gasteiger partial charge in [-0.05, 0) is 86.4 Å². The Morgan fingerprint density at radius 1 is 0.350 bits per heavy atom. The van der Waals surface area contributed by atoms with E-state index in [1.807, 2.05) is 18.2 Å². The summed E-state index contributed by atoms with van der Waals surface area (Å²) < 4.78 is 0. The van der Waals surface area contributed by atoms with Crippen molar-refractivity contribution in [1.29, 1.82) is 0 Å². The molecule has 0 heteroatoms. The SMILES string of the molecule is C#Cc1cc(C#Cc2cc(C(C)(C)C)cc(C(C)(C)C)c2)cc(C#Cc2cc(C(C)(C)C)cc(C(C)(C)C)c2)c1. The van der Waals surface area contributed by atoms with Crippen molar-refractivity contribution < 1.29 is 0 Å². The molecule has 0 unspecified atom stereocenters. The molecule has 0 fully saturated rings. The maximum atomic E-state index is 5.83. The third-order valence-corrected chi connectivity index (χ3v) is 7.13. The van der Waals surface area contributed by atoms with E-state index in [0.717, 1.165) is 27.8 Å². The van der Waals surface area contributed by atoms with Gasteiger partial charge in [0.05, 0.1) is 0 Å². The van der Waals surface area contributed by atoms with E-state index in [-0.39, 0.29) is 21.7 Å². The molecule has 0 aliphatic carbocycles. The Bertz CT molecular complexity index is 1390. The predicted octanol–water partition coefficient (Wildman–Crippen LogP) is 9.66. The van der Waals surface area contributed by atoms with Crippen LogP contribution < -0.4 is 0 Å². The lowest BCUT2D eigenvalue weighted by atomic mass is 9.79. The van der Waals surface area contributed by atoms with Gasteiger partial charge in [0.15, 0.2) is 0 Å². The van der Waals surface area contributed by atoms with Crippen molar-refractivity contribution >= 4 is 0 Å². The molecule has 0 saturated heterocycles. The van der Waals surface area contributed by atoms with Gasteiger partial charge in [0.2, 0.25) is 0 Å². The van der Waals surface area contributed by atoms with E-state index in [9.17, 15) is 0 Å². The Kier molecular flexibility index (Phi) is 8.55. The summed E-state index contributed by atoms with van der Waals surface area (Å²) in [6, 6.07) is 19.5. The first-order chi connectivity index (χ1) is 18.3. The first-order valence-electron chi connectivity index (χ1n) is 14.2. The number of hydrogen-bond donors (Lipinski definition) is 0. The van der Waals surface area contributed by atoms with Crippen LogP contribution in [0.5, 0.6) is 0 Å². The van der Waals surface area contributed by atoms with Gasteiger partial charge in [0.1, 0.15) is 0 Å². The molecule has 0 aliphatic rings. The average Bonchev–Trinajstić information content (AvgIpc) is 2.83. The van der Waals surface area contributed by atoms with Crippen LogP contribution in [0.4, 0.5) is 0 Å². The van der Waals surface area contributed by atoms with Crippen molar-refractivity contribution in [2.45, 2.75) is 105 Å². The standard InChI is InChI=1S/C40H46/c1-14-28-19-29(15-17-31-22-33(37(2,3)4)26-34(23-31)38(5,6)7)21-30(20-28)16-18-32-24-35(39(8,9)10)27-36(25-32)40(11,12)13/h1,19-27H,2-13H3. The molecule has 0 N–H and O–H groups in total. The fraction of sp³-hybridized carbons (Fsp3) is 0.400. The van der Waals surface area contributed by atoms with Gasteiger partial charge < -0.3 is 0 Å². The monoisotopic (exact) mass is 526 g/mol. The molecule has 40 heavy (non-hydrogen) atoms. The van der Waals surface area contributed by atoms with E-state index in [1.54, 1.807) is 0 Å². The molecule has 0 heterocycles. The van der Waals surface area contributed by atoms with Gasteiger partial charge in [-0.15, -0.1) is 6.42 Å². The lowest BCUT2D eigenvalue weighted by Crippen LogP contribution is -2.16. The lowest BCUT2D eigenvalue weighted by molar-refractivity contribution is 0.567.